The van der Waals surface area contributed by atoms with Gasteiger partial charge in [-0.05, 0) is 30.3 Å². The highest BCUT2D eigenvalue weighted by molar-refractivity contribution is 6.51. The van der Waals surface area contributed by atoms with E-state index in [4.69, 9.17) is 4.74 Å². The molecule has 0 spiro atoms. The Bertz CT molecular complexity index is 415. The second-order valence-corrected chi connectivity index (χ2v) is 2.89. The SMILES string of the molecule is COc1ccc(C(=O)C2=NC=C2)cc1. The van der Waals surface area contributed by atoms with Crippen LogP contribution in [0.3, 0.4) is 0 Å². The molecule has 1 aliphatic heterocycles. The predicted molar refractivity (Wildman–Crippen MR) is 53.9 cm³/mol. The highest BCUT2D eigenvalue weighted by Gasteiger charge is 2.13. The van der Waals surface area contributed by atoms with E-state index < -0.39 is 0 Å². The van der Waals surface area contributed by atoms with Crippen LogP contribution >= 0.6 is 0 Å². The Morgan fingerprint density at radius 3 is 2.36 bits per heavy atom. The van der Waals surface area contributed by atoms with Gasteiger partial charge in [-0.2, -0.15) is 0 Å². The van der Waals surface area contributed by atoms with Crippen molar-refractivity contribution >= 4 is 11.5 Å². The molecule has 0 amide bonds. The molecule has 1 aromatic rings. The lowest BCUT2D eigenvalue weighted by molar-refractivity contribution is 0.106. The van der Waals surface area contributed by atoms with Gasteiger partial charge in [-0.15, -0.1) is 0 Å². The highest BCUT2D eigenvalue weighted by Crippen LogP contribution is 2.13. The Morgan fingerprint density at radius 2 is 1.93 bits per heavy atom. The van der Waals surface area contributed by atoms with Crippen molar-refractivity contribution in [3.63, 3.8) is 0 Å². The number of hydrogen-bond donors (Lipinski definition) is 0. The number of ketones is 1. The lowest BCUT2D eigenvalue weighted by Gasteiger charge is -2.05. The molecular formula is C11H9NO2. The number of allylic oxidation sites excluding steroid dienone is 1. The number of rotatable bonds is 3. The van der Waals surface area contributed by atoms with Crippen LogP contribution in [0.1, 0.15) is 10.4 Å². The summed E-state index contributed by atoms with van der Waals surface area (Å²) in [4.78, 5) is 15.4. The van der Waals surface area contributed by atoms with E-state index in [0.717, 1.165) is 5.75 Å². The maximum Gasteiger partial charge on any atom is 0.211 e. The standard InChI is InChI=1S/C11H9NO2/c1-14-9-4-2-8(3-5-9)11(13)10-6-7-12-10/h2-7H,1H3. The van der Waals surface area contributed by atoms with Crippen molar-refractivity contribution in [2.45, 2.75) is 0 Å². The Labute approximate surface area is 81.7 Å². The third kappa shape index (κ3) is 1.44. The van der Waals surface area contributed by atoms with Crippen molar-refractivity contribution in [3.05, 3.63) is 42.1 Å². The molecule has 1 heterocycles. The van der Waals surface area contributed by atoms with Crippen molar-refractivity contribution in [2.24, 2.45) is 4.99 Å². The van der Waals surface area contributed by atoms with Crippen molar-refractivity contribution in [3.8, 4) is 5.75 Å². The molecule has 3 heteroatoms. The van der Waals surface area contributed by atoms with Gasteiger partial charge in [0.2, 0.25) is 5.78 Å². The van der Waals surface area contributed by atoms with Crippen LogP contribution in [0.15, 0.2) is 41.5 Å². The summed E-state index contributed by atoms with van der Waals surface area (Å²) >= 11 is 0. The number of Topliss-reactive ketones (excluding diaryl/α,β-unsaturated/α-hetero) is 1. The Kier molecular flexibility index (Phi) is 2.14. The fourth-order valence-electron chi connectivity index (χ4n) is 1.17. The van der Waals surface area contributed by atoms with Crippen molar-refractivity contribution in [1.29, 1.82) is 0 Å². The van der Waals surface area contributed by atoms with Gasteiger partial charge in [0.1, 0.15) is 11.5 Å². The molecule has 0 aromatic heterocycles. The summed E-state index contributed by atoms with van der Waals surface area (Å²) in [6, 6.07) is 6.98. The summed E-state index contributed by atoms with van der Waals surface area (Å²) in [5.74, 6) is 0.697. The first-order chi connectivity index (χ1) is 6.81. The summed E-state index contributed by atoms with van der Waals surface area (Å²) in [6.45, 7) is 0. The van der Waals surface area contributed by atoms with Gasteiger partial charge in [0.05, 0.1) is 7.11 Å². The van der Waals surface area contributed by atoms with E-state index in [1.165, 1.54) is 0 Å². The molecule has 1 aromatic carbocycles. The summed E-state index contributed by atoms with van der Waals surface area (Å²) in [5, 5.41) is 0. The normalized spacial score (nSPS) is 13.1. The first-order valence-corrected chi connectivity index (χ1v) is 4.24. The van der Waals surface area contributed by atoms with Gasteiger partial charge in [0.25, 0.3) is 0 Å². The molecule has 14 heavy (non-hydrogen) atoms. The fraction of sp³-hybridized carbons (Fsp3) is 0.0909. The molecule has 0 bridgehead atoms. The van der Waals surface area contributed by atoms with E-state index in [9.17, 15) is 4.79 Å². The van der Waals surface area contributed by atoms with Gasteiger partial charge >= 0.3 is 0 Å². The maximum absolute atomic E-state index is 11.6. The number of hydrogen-bond acceptors (Lipinski definition) is 3. The van der Waals surface area contributed by atoms with Crippen LogP contribution in [-0.2, 0) is 0 Å². The molecule has 0 fully saturated rings. The molecule has 0 radical (unpaired) electrons. The van der Waals surface area contributed by atoms with E-state index in [2.05, 4.69) is 4.99 Å². The Balaban J connectivity index is 2.20. The van der Waals surface area contributed by atoms with Gasteiger partial charge < -0.3 is 4.74 Å². The number of benzene rings is 1. The minimum atomic E-state index is -0.0462. The predicted octanol–water partition coefficient (Wildman–Crippen LogP) is 1.85. The van der Waals surface area contributed by atoms with Crippen LogP contribution in [0, 0.1) is 0 Å². The zero-order valence-electron chi connectivity index (χ0n) is 7.73. The Morgan fingerprint density at radius 1 is 1.29 bits per heavy atom. The largest absolute Gasteiger partial charge is 0.497 e. The smallest absolute Gasteiger partial charge is 0.211 e. The average Bonchev–Trinajstić information content (AvgIpc) is 2.15. The van der Waals surface area contributed by atoms with E-state index in [1.807, 2.05) is 0 Å². The molecule has 0 saturated heterocycles. The van der Waals surface area contributed by atoms with E-state index in [0.29, 0.717) is 11.3 Å². The summed E-state index contributed by atoms with van der Waals surface area (Å²) in [5.41, 5.74) is 1.14. The number of carbonyl (C=O) groups is 1. The molecule has 0 atom stereocenters. The number of aliphatic imine (C=N–C) groups is 1. The van der Waals surface area contributed by atoms with Crippen molar-refractivity contribution in [2.75, 3.05) is 7.11 Å². The van der Waals surface area contributed by atoms with Crippen molar-refractivity contribution in [1.82, 2.24) is 0 Å². The maximum atomic E-state index is 11.6. The number of nitrogens with zero attached hydrogens (tertiary/aromatic N) is 1. The van der Waals surface area contributed by atoms with Crippen LogP contribution in [0.4, 0.5) is 0 Å². The molecule has 0 unspecified atom stereocenters. The van der Waals surface area contributed by atoms with Gasteiger partial charge in [-0.3, -0.25) is 9.79 Å². The average molecular weight is 187 g/mol. The lowest BCUT2D eigenvalue weighted by atomic mass is 10.1. The minimum Gasteiger partial charge on any atom is -0.497 e. The molecule has 0 aliphatic carbocycles. The number of ether oxygens (including phenoxy) is 1. The minimum absolute atomic E-state index is 0.0462. The van der Waals surface area contributed by atoms with Crippen molar-refractivity contribution < 1.29 is 9.53 Å². The van der Waals surface area contributed by atoms with Gasteiger partial charge in [0.15, 0.2) is 0 Å². The van der Waals surface area contributed by atoms with Crippen LogP contribution in [0.5, 0.6) is 5.75 Å². The topological polar surface area (TPSA) is 38.7 Å². The second-order valence-electron chi connectivity index (χ2n) is 2.89. The van der Waals surface area contributed by atoms with E-state index in [1.54, 1.807) is 43.7 Å². The fourth-order valence-corrected chi connectivity index (χ4v) is 1.17. The quantitative estimate of drug-likeness (QED) is 0.677. The third-order valence-corrected chi connectivity index (χ3v) is 2.03. The molecule has 3 nitrogen and oxygen atoms in total. The third-order valence-electron chi connectivity index (χ3n) is 2.03. The Hall–Kier alpha value is -1.90. The summed E-state index contributed by atoms with van der Waals surface area (Å²) in [6.07, 6.45) is 3.31. The lowest BCUT2D eigenvalue weighted by Crippen LogP contribution is -2.14. The molecule has 0 N–H and O–H groups in total. The molecular weight excluding hydrogens is 178 g/mol. The second kappa shape index (κ2) is 3.46. The monoisotopic (exact) mass is 187 g/mol. The summed E-state index contributed by atoms with van der Waals surface area (Å²) < 4.78 is 4.99. The first kappa shape index (κ1) is 8.69. The van der Waals surface area contributed by atoms with Gasteiger partial charge in [-0.1, -0.05) is 0 Å². The van der Waals surface area contributed by atoms with E-state index in [-0.39, 0.29) is 5.78 Å². The zero-order valence-corrected chi connectivity index (χ0v) is 7.73. The van der Waals surface area contributed by atoms with Gasteiger partial charge in [-0.25, -0.2) is 0 Å². The van der Waals surface area contributed by atoms with E-state index >= 15 is 0 Å². The van der Waals surface area contributed by atoms with Crippen LogP contribution in [-0.4, -0.2) is 18.6 Å². The zero-order chi connectivity index (χ0) is 9.97. The molecule has 70 valence electrons. The highest BCUT2D eigenvalue weighted by atomic mass is 16.5. The molecule has 1 aliphatic rings. The van der Waals surface area contributed by atoms with Gasteiger partial charge in [0, 0.05) is 11.8 Å². The van der Waals surface area contributed by atoms with Crippen LogP contribution < -0.4 is 4.74 Å². The van der Waals surface area contributed by atoms with Crippen LogP contribution in [0.25, 0.3) is 0 Å². The molecule has 0 saturated carbocycles. The first-order valence-electron chi connectivity index (χ1n) is 4.24. The number of carbonyl (C=O) groups excluding carboxylic acids is 1. The van der Waals surface area contributed by atoms with Crippen LogP contribution in [0.2, 0.25) is 0 Å². The molecule has 2 rings (SSSR count). The number of methoxy groups -OCH3 is 1. The summed E-state index contributed by atoms with van der Waals surface area (Å²) in [7, 11) is 1.59.